The van der Waals surface area contributed by atoms with Crippen molar-refractivity contribution in [2.24, 2.45) is 0 Å². The van der Waals surface area contributed by atoms with E-state index in [9.17, 15) is 0 Å². The minimum absolute atomic E-state index is 0.922. The summed E-state index contributed by atoms with van der Waals surface area (Å²) in [7, 11) is 1.70. The molecule has 17 heavy (non-hydrogen) atoms. The fourth-order valence-corrected chi connectivity index (χ4v) is 2.14. The Morgan fingerprint density at radius 1 is 1.12 bits per heavy atom. The lowest BCUT2D eigenvalue weighted by molar-refractivity contribution is 0.414. The molecular weight excluding hydrogens is 230 g/mol. The third-order valence-electron chi connectivity index (χ3n) is 2.69. The average molecular weight is 253 g/mol. The number of methoxy groups -OCH3 is 1. The molecular formula is C14H23NOS. The molecule has 0 saturated heterocycles. The van der Waals surface area contributed by atoms with Gasteiger partial charge in [-0.1, -0.05) is 18.6 Å². The predicted octanol–water partition coefficient (Wildman–Crippen LogP) is 3.32. The van der Waals surface area contributed by atoms with Crippen LogP contribution in [0, 0.1) is 0 Å². The van der Waals surface area contributed by atoms with Crippen molar-refractivity contribution in [1.29, 1.82) is 0 Å². The van der Waals surface area contributed by atoms with Gasteiger partial charge in [0, 0.05) is 6.54 Å². The van der Waals surface area contributed by atoms with Gasteiger partial charge in [0.2, 0.25) is 0 Å². The normalized spacial score (nSPS) is 10.5. The third-order valence-corrected chi connectivity index (χ3v) is 3.39. The number of nitrogens with one attached hydrogen (secondary N) is 1. The van der Waals surface area contributed by atoms with E-state index in [1.54, 1.807) is 7.11 Å². The molecule has 96 valence electrons. The number of benzene rings is 1. The highest BCUT2D eigenvalue weighted by Crippen LogP contribution is 2.10. The number of unbranched alkanes of at least 4 members (excludes halogenated alkanes) is 2. The summed E-state index contributed by atoms with van der Waals surface area (Å²) >= 11 is 1.93. The van der Waals surface area contributed by atoms with Crippen LogP contribution in [0.1, 0.15) is 24.8 Å². The molecule has 0 aromatic heterocycles. The molecule has 0 radical (unpaired) electrons. The lowest BCUT2D eigenvalue weighted by atomic mass is 10.2. The van der Waals surface area contributed by atoms with E-state index in [1.165, 1.54) is 30.6 Å². The highest BCUT2D eigenvalue weighted by Gasteiger charge is 1.94. The van der Waals surface area contributed by atoms with Gasteiger partial charge in [0.15, 0.2) is 0 Å². The van der Waals surface area contributed by atoms with Gasteiger partial charge in [-0.3, -0.25) is 0 Å². The molecule has 0 atom stereocenters. The summed E-state index contributed by atoms with van der Waals surface area (Å²) in [6.07, 6.45) is 6.11. The maximum Gasteiger partial charge on any atom is 0.118 e. The zero-order valence-electron chi connectivity index (χ0n) is 10.9. The van der Waals surface area contributed by atoms with Crippen LogP contribution < -0.4 is 10.1 Å². The SMILES string of the molecule is COc1ccc(CNCCCCCSC)cc1. The molecule has 0 unspecified atom stereocenters. The van der Waals surface area contributed by atoms with E-state index in [2.05, 4.69) is 23.7 Å². The smallest absolute Gasteiger partial charge is 0.118 e. The molecule has 1 N–H and O–H groups in total. The first kappa shape index (κ1) is 14.4. The number of hydrogen-bond acceptors (Lipinski definition) is 3. The number of ether oxygens (including phenoxy) is 1. The van der Waals surface area contributed by atoms with Crippen LogP contribution in [0.25, 0.3) is 0 Å². The molecule has 0 saturated carbocycles. The Balaban J connectivity index is 2.05. The Bertz CT molecular complexity index is 287. The van der Waals surface area contributed by atoms with Gasteiger partial charge in [-0.05, 0) is 49.1 Å². The number of thioether (sulfide) groups is 1. The van der Waals surface area contributed by atoms with E-state index < -0.39 is 0 Å². The standard InChI is InChI=1S/C14H23NOS/c1-16-14-8-6-13(7-9-14)12-15-10-4-3-5-11-17-2/h6-9,15H,3-5,10-12H2,1-2H3. The summed E-state index contributed by atoms with van der Waals surface area (Å²) in [4.78, 5) is 0. The lowest BCUT2D eigenvalue weighted by Crippen LogP contribution is -2.14. The van der Waals surface area contributed by atoms with Crippen LogP contribution in [0.3, 0.4) is 0 Å². The van der Waals surface area contributed by atoms with Crippen molar-refractivity contribution in [2.75, 3.05) is 25.7 Å². The first-order valence-electron chi connectivity index (χ1n) is 6.19. The fraction of sp³-hybridized carbons (Fsp3) is 0.571. The Morgan fingerprint density at radius 2 is 1.88 bits per heavy atom. The van der Waals surface area contributed by atoms with E-state index in [4.69, 9.17) is 4.74 Å². The summed E-state index contributed by atoms with van der Waals surface area (Å²) in [5.41, 5.74) is 1.31. The van der Waals surface area contributed by atoms with E-state index in [-0.39, 0.29) is 0 Å². The van der Waals surface area contributed by atoms with Gasteiger partial charge in [0.25, 0.3) is 0 Å². The van der Waals surface area contributed by atoms with Crippen molar-refractivity contribution in [3.05, 3.63) is 29.8 Å². The zero-order chi connectivity index (χ0) is 12.3. The molecule has 0 aliphatic carbocycles. The number of rotatable bonds is 9. The Kier molecular flexibility index (Phi) is 7.93. The van der Waals surface area contributed by atoms with Crippen molar-refractivity contribution in [3.8, 4) is 5.75 Å². The molecule has 0 aliphatic rings. The van der Waals surface area contributed by atoms with Gasteiger partial charge in [-0.15, -0.1) is 0 Å². The van der Waals surface area contributed by atoms with Gasteiger partial charge in [0.1, 0.15) is 5.75 Å². The van der Waals surface area contributed by atoms with Crippen LogP contribution in [0.5, 0.6) is 5.75 Å². The second-order valence-electron chi connectivity index (χ2n) is 4.08. The second-order valence-corrected chi connectivity index (χ2v) is 5.06. The predicted molar refractivity (Wildman–Crippen MR) is 76.9 cm³/mol. The van der Waals surface area contributed by atoms with Gasteiger partial charge >= 0.3 is 0 Å². The zero-order valence-corrected chi connectivity index (χ0v) is 11.7. The van der Waals surface area contributed by atoms with Gasteiger partial charge < -0.3 is 10.1 Å². The molecule has 3 heteroatoms. The maximum absolute atomic E-state index is 5.13. The molecule has 1 aromatic rings. The van der Waals surface area contributed by atoms with Crippen molar-refractivity contribution in [2.45, 2.75) is 25.8 Å². The Morgan fingerprint density at radius 3 is 2.53 bits per heavy atom. The molecule has 0 bridgehead atoms. The van der Waals surface area contributed by atoms with Crippen molar-refractivity contribution < 1.29 is 4.74 Å². The molecule has 0 aliphatic heterocycles. The first-order chi connectivity index (χ1) is 8.36. The fourth-order valence-electron chi connectivity index (χ4n) is 1.65. The topological polar surface area (TPSA) is 21.3 Å². The summed E-state index contributed by atoms with van der Waals surface area (Å²) in [5, 5.41) is 3.47. The van der Waals surface area contributed by atoms with E-state index in [1.807, 2.05) is 23.9 Å². The van der Waals surface area contributed by atoms with E-state index >= 15 is 0 Å². The minimum atomic E-state index is 0.922. The van der Waals surface area contributed by atoms with Crippen molar-refractivity contribution in [3.63, 3.8) is 0 Å². The average Bonchev–Trinajstić information content (AvgIpc) is 2.38. The van der Waals surface area contributed by atoms with E-state index in [0.29, 0.717) is 0 Å². The monoisotopic (exact) mass is 253 g/mol. The van der Waals surface area contributed by atoms with Crippen LogP contribution in [0.15, 0.2) is 24.3 Å². The maximum atomic E-state index is 5.13. The lowest BCUT2D eigenvalue weighted by Gasteiger charge is -2.06. The van der Waals surface area contributed by atoms with Crippen LogP contribution in [0.4, 0.5) is 0 Å². The molecule has 2 nitrogen and oxygen atoms in total. The van der Waals surface area contributed by atoms with E-state index in [0.717, 1.165) is 18.8 Å². The third kappa shape index (κ3) is 6.59. The molecule has 0 fully saturated rings. The van der Waals surface area contributed by atoms with Gasteiger partial charge in [-0.2, -0.15) is 11.8 Å². The molecule has 1 aromatic carbocycles. The molecule has 0 heterocycles. The molecule has 1 rings (SSSR count). The highest BCUT2D eigenvalue weighted by atomic mass is 32.2. The largest absolute Gasteiger partial charge is 0.497 e. The van der Waals surface area contributed by atoms with Crippen LogP contribution >= 0.6 is 11.8 Å². The first-order valence-corrected chi connectivity index (χ1v) is 7.59. The Hall–Kier alpha value is -0.670. The minimum Gasteiger partial charge on any atom is -0.497 e. The quantitative estimate of drug-likeness (QED) is 0.682. The Labute approximate surface area is 109 Å². The van der Waals surface area contributed by atoms with Gasteiger partial charge in [0.05, 0.1) is 7.11 Å². The van der Waals surface area contributed by atoms with Gasteiger partial charge in [-0.25, -0.2) is 0 Å². The van der Waals surface area contributed by atoms with Crippen LogP contribution in [-0.4, -0.2) is 25.7 Å². The number of hydrogen-bond donors (Lipinski definition) is 1. The van der Waals surface area contributed by atoms with Crippen LogP contribution in [0.2, 0.25) is 0 Å². The summed E-state index contributed by atoms with van der Waals surface area (Å²) in [6, 6.07) is 8.24. The summed E-state index contributed by atoms with van der Waals surface area (Å²) < 4.78 is 5.13. The highest BCUT2D eigenvalue weighted by molar-refractivity contribution is 7.98. The van der Waals surface area contributed by atoms with Crippen molar-refractivity contribution in [1.82, 2.24) is 5.32 Å². The van der Waals surface area contributed by atoms with Crippen LogP contribution in [-0.2, 0) is 6.54 Å². The summed E-state index contributed by atoms with van der Waals surface area (Å²) in [6.45, 7) is 2.06. The molecule has 0 amide bonds. The molecule has 0 spiro atoms. The summed E-state index contributed by atoms with van der Waals surface area (Å²) in [5.74, 6) is 2.21. The van der Waals surface area contributed by atoms with Crippen molar-refractivity contribution >= 4 is 11.8 Å². The second kappa shape index (κ2) is 9.37.